The Bertz CT molecular complexity index is 147. The van der Waals surface area contributed by atoms with E-state index in [0.717, 1.165) is 24.0 Å². The van der Waals surface area contributed by atoms with E-state index in [9.17, 15) is 0 Å². The maximum Gasteiger partial charge on any atom is 0.0236 e. The molecule has 0 amide bonds. The van der Waals surface area contributed by atoms with E-state index in [4.69, 9.17) is 0 Å². The van der Waals surface area contributed by atoms with Gasteiger partial charge in [-0.1, -0.05) is 0 Å². The fourth-order valence-electron chi connectivity index (χ4n) is 2.92. The molecule has 3 rings (SSSR count). The summed E-state index contributed by atoms with van der Waals surface area (Å²) in [6.45, 7) is 1.29. The van der Waals surface area contributed by atoms with Crippen LogP contribution in [0.5, 0.6) is 0 Å². The standard InChI is InChI=1S/C8H14N2/c1-5-2-8-7(9-4-5)3-6(1)10-8/h5-10H,1-4H2. The molecule has 2 nitrogen and oxygen atoms in total. The van der Waals surface area contributed by atoms with E-state index < -0.39 is 0 Å². The molecule has 0 aromatic carbocycles. The van der Waals surface area contributed by atoms with Gasteiger partial charge in [0.2, 0.25) is 0 Å². The van der Waals surface area contributed by atoms with Gasteiger partial charge in [0.1, 0.15) is 0 Å². The molecular formula is C8H14N2. The average Bonchev–Trinajstić information content (AvgIpc) is 2.11. The molecule has 0 spiro atoms. The second kappa shape index (κ2) is 1.74. The summed E-state index contributed by atoms with van der Waals surface area (Å²) in [6, 6.07) is 2.52. The van der Waals surface area contributed by atoms with Crippen molar-refractivity contribution in [3.8, 4) is 0 Å². The Hall–Kier alpha value is -0.0800. The van der Waals surface area contributed by atoms with Gasteiger partial charge < -0.3 is 10.6 Å². The fraction of sp³-hybridized carbons (Fsp3) is 1.00. The minimum absolute atomic E-state index is 0.823. The highest BCUT2D eigenvalue weighted by molar-refractivity contribution is 5.04. The van der Waals surface area contributed by atoms with Gasteiger partial charge in [0.15, 0.2) is 0 Å². The third-order valence-corrected chi connectivity index (χ3v) is 3.35. The lowest BCUT2D eigenvalue weighted by atomic mass is 9.89. The monoisotopic (exact) mass is 138 g/mol. The number of fused-ring (bicyclic) bond motifs is 2. The van der Waals surface area contributed by atoms with Crippen molar-refractivity contribution in [3.05, 3.63) is 0 Å². The zero-order valence-electron chi connectivity index (χ0n) is 6.14. The number of hydrogen-bond donors (Lipinski definition) is 2. The van der Waals surface area contributed by atoms with Crippen molar-refractivity contribution in [1.29, 1.82) is 0 Å². The largest absolute Gasteiger partial charge is 0.312 e. The first-order chi connectivity index (χ1) is 4.92. The molecule has 56 valence electrons. The molecule has 0 aliphatic carbocycles. The van der Waals surface area contributed by atoms with E-state index >= 15 is 0 Å². The molecule has 3 bridgehead atoms. The van der Waals surface area contributed by atoms with Crippen LogP contribution in [0.4, 0.5) is 0 Å². The summed E-state index contributed by atoms with van der Waals surface area (Å²) in [4.78, 5) is 0. The minimum Gasteiger partial charge on any atom is -0.312 e. The van der Waals surface area contributed by atoms with Crippen LogP contribution in [0.15, 0.2) is 0 Å². The molecular weight excluding hydrogens is 124 g/mol. The van der Waals surface area contributed by atoms with E-state index in [1.54, 1.807) is 0 Å². The topological polar surface area (TPSA) is 24.1 Å². The number of hydrogen-bond acceptors (Lipinski definition) is 2. The Morgan fingerprint density at radius 1 is 1.00 bits per heavy atom. The van der Waals surface area contributed by atoms with Crippen molar-refractivity contribution >= 4 is 0 Å². The molecule has 3 aliphatic rings. The van der Waals surface area contributed by atoms with Crippen molar-refractivity contribution in [3.63, 3.8) is 0 Å². The molecule has 10 heavy (non-hydrogen) atoms. The van der Waals surface area contributed by atoms with Crippen molar-refractivity contribution in [2.24, 2.45) is 5.92 Å². The first-order valence-corrected chi connectivity index (χ1v) is 4.41. The Kier molecular flexibility index (Phi) is 0.968. The van der Waals surface area contributed by atoms with Crippen LogP contribution in [-0.2, 0) is 0 Å². The van der Waals surface area contributed by atoms with Gasteiger partial charge >= 0.3 is 0 Å². The molecule has 3 fully saturated rings. The van der Waals surface area contributed by atoms with Gasteiger partial charge in [-0.25, -0.2) is 0 Å². The first kappa shape index (κ1) is 5.56. The molecule has 2 N–H and O–H groups in total. The Morgan fingerprint density at radius 2 is 2.00 bits per heavy atom. The predicted octanol–water partition coefficient (Wildman–Crippen LogP) is 0.0987. The van der Waals surface area contributed by atoms with Gasteiger partial charge in [-0.2, -0.15) is 0 Å². The van der Waals surface area contributed by atoms with Crippen LogP contribution in [0, 0.1) is 5.92 Å². The van der Waals surface area contributed by atoms with Crippen LogP contribution in [-0.4, -0.2) is 24.7 Å². The molecule has 4 unspecified atom stereocenters. The van der Waals surface area contributed by atoms with Gasteiger partial charge in [0, 0.05) is 18.1 Å². The second-order valence-corrected chi connectivity index (χ2v) is 4.06. The molecule has 3 saturated heterocycles. The van der Waals surface area contributed by atoms with Crippen LogP contribution in [0.25, 0.3) is 0 Å². The molecule has 0 aromatic rings. The van der Waals surface area contributed by atoms with Crippen molar-refractivity contribution in [2.45, 2.75) is 37.4 Å². The maximum absolute atomic E-state index is 3.66. The van der Waals surface area contributed by atoms with Gasteiger partial charge in [0.25, 0.3) is 0 Å². The van der Waals surface area contributed by atoms with E-state index in [1.165, 1.54) is 25.8 Å². The molecule has 0 aromatic heterocycles. The molecule has 0 saturated carbocycles. The summed E-state index contributed by atoms with van der Waals surface area (Å²) < 4.78 is 0. The van der Waals surface area contributed by atoms with E-state index in [-0.39, 0.29) is 0 Å². The molecule has 4 atom stereocenters. The van der Waals surface area contributed by atoms with Crippen LogP contribution in [0.2, 0.25) is 0 Å². The average molecular weight is 138 g/mol. The summed E-state index contributed by atoms with van der Waals surface area (Å²) in [7, 11) is 0. The summed E-state index contributed by atoms with van der Waals surface area (Å²) in [5.74, 6) is 0.995. The van der Waals surface area contributed by atoms with Crippen molar-refractivity contribution < 1.29 is 0 Å². The van der Waals surface area contributed by atoms with Gasteiger partial charge in [-0.3, -0.25) is 0 Å². The maximum atomic E-state index is 3.66. The Morgan fingerprint density at radius 3 is 3.00 bits per heavy atom. The molecule has 0 radical (unpaired) electrons. The van der Waals surface area contributed by atoms with Gasteiger partial charge in [0.05, 0.1) is 0 Å². The highest BCUT2D eigenvalue weighted by Gasteiger charge is 2.43. The molecule has 2 heteroatoms. The first-order valence-electron chi connectivity index (χ1n) is 4.41. The van der Waals surface area contributed by atoms with Crippen LogP contribution < -0.4 is 10.6 Å². The third kappa shape index (κ3) is 0.611. The minimum atomic E-state index is 0.823. The van der Waals surface area contributed by atoms with Crippen LogP contribution in [0.1, 0.15) is 19.3 Å². The normalized spacial score (nSPS) is 57.6. The van der Waals surface area contributed by atoms with E-state index in [1.807, 2.05) is 0 Å². The lowest BCUT2D eigenvalue weighted by Gasteiger charge is -2.35. The van der Waals surface area contributed by atoms with Crippen LogP contribution in [0.3, 0.4) is 0 Å². The van der Waals surface area contributed by atoms with E-state index in [2.05, 4.69) is 10.6 Å². The lowest BCUT2D eigenvalue weighted by Crippen LogP contribution is -2.52. The predicted molar refractivity (Wildman–Crippen MR) is 39.8 cm³/mol. The summed E-state index contributed by atoms with van der Waals surface area (Å²) in [5, 5.41) is 7.27. The van der Waals surface area contributed by atoms with Crippen LogP contribution >= 0.6 is 0 Å². The highest BCUT2D eigenvalue weighted by atomic mass is 15.1. The summed E-state index contributed by atoms with van der Waals surface area (Å²) in [6.07, 6.45) is 4.26. The number of rotatable bonds is 0. The quantitative estimate of drug-likeness (QED) is 0.496. The fourth-order valence-corrected chi connectivity index (χ4v) is 2.92. The van der Waals surface area contributed by atoms with Crippen molar-refractivity contribution in [1.82, 2.24) is 10.6 Å². The summed E-state index contributed by atoms with van der Waals surface area (Å²) in [5.41, 5.74) is 0. The smallest absolute Gasteiger partial charge is 0.0236 e. The number of piperidine rings is 2. The summed E-state index contributed by atoms with van der Waals surface area (Å²) >= 11 is 0. The highest BCUT2D eigenvalue weighted by Crippen LogP contribution is 2.34. The van der Waals surface area contributed by atoms with Crippen molar-refractivity contribution in [2.75, 3.05) is 6.54 Å². The molecule has 3 aliphatic heterocycles. The van der Waals surface area contributed by atoms with Gasteiger partial charge in [-0.05, 0) is 31.7 Å². The Balaban J connectivity index is 1.94. The molecule has 3 heterocycles. The van der Waals surface area contributed by atoms with Gasteiger partial charge in [-0.15, -0.1) is 0 Å². The van der Waals surface area contributed by atoms with E-state index in [0.29, 0.717) is 0 Å². The SMILES string of the molecule is C1NC2CC3CC1CC2N3. The zero-order chi connectivity index (χ0) is 6.55. The number of nitrogens with one attached hydrogen (secondary N) is 2. The lowest BCUT2D eigenvalue weighted by molar-refractivity contribution is 0.238. The zero-order valence-corrected chi connectivity index (χ0v) is 6.14. The Labute approximate surface area is 61.4 Å². The second-order valence-electron chi connectivity index (χ2n) is 4.06. The third-order valence-electron chi connectivity index (χ3n) is 3.35.